The lowest BCUT2D eigenvalue weighted by Gasteiger charge is -2.35. The van der Waals surface area contributed by atoms with E-state index >= 15 is 0 Å². The summed E-state index contributed by atoms with van der Waals surface area (Å²) in [5.41, 5.74) is 4.75. The van der Waals surface area contributed by atoms with Crippen LogP contribution in [0, 0.1) is 5.41 Å². The summed E-state index contributed by atoms with van der Waals surface area (Å²) in [6.45, 7) is 6.19. The zero-order chi connectivity index (χ0) is 28.3. The molecule has 2 unspecified atom stereocenters. The molecule has 2 atom stereocenters. The van der Waals surface area contributed by atoms with E-state index in [0.717, 1.165) is 58.3 Å². The minimum atomic E-state index is 0.199. The third-order valence-electron chi connectivity index (χ3n) is 9.87. The van der Waals surface area contributed by atoms with E-state index in [1.807, 2.05) is 24.4 Å². The van der Waals surface area contributed by atoms with Gasteiger partial charge in [0.1, 0.15) is 11.3 Å². The van der Waals surface area contributed by atoms with Crippen LogP contribution in [-0.4, -0.2) is 71.4 Å². The van der Waals surface area contributed by atoms with E-state index in [9.17, 15) is 5.11 Å². The Bertz CT molecular complexity index is 1640. The zero-order valence-corrected chi connectivity index (χ0v) is 24.7. The number of ether oxygens (including phenoxy) is 1. The number of benzene rings is 2. The fourth-order valence-corrected chi connectivity index (χ4v) is 7.75. The summed E-state index contributed by atoms with van der Waals surface area (Å²) in [5.74, 6) is 0.872. The van der Waals surface area contributed by atoms with E-state index in [1.165, 1.54) is 58.0 Å². The number of piperidine rings is 1. The summed E-state index contributed by atoms with van der Waals surface area (Å²) in [7, 11) is 0. The molecule has 4 aliphatic rings. The summed E-state index contributed by atoms with van der Waals surface area (Å²) in [4.78, 5) is 15.1. The number of fused-ring (bicyclic) bond motifs is 4. The number of hydrogen-bond donors (Lipinski definition) is 2. The van der Waals surface area contributed by atoms with Crippen molar-refractivity contribution in [1.29, 1.82) is 0 Å². The number of aromatic hydroxyl groups is 1. The lowest BCUT2D eigenvalue weighted by atomic mass is 9.98. The summed E-state index contributed by atoms with van der Waals surface area (Å²) in [5, 5.41) is 16.7. The number of anilines is 1. The van der Waals surface area contributed by atoms with E-state index in [0.29, 0.717) is 29.6 Å². The number of nitrogens with one attached hydrogen (secondary N) is 1. The van der Waals surface area contributed by atoms with Gasteiger partial charge in [0, 0.05) is 65.4 Å². The number of hydrogen-bond acceptors (Lipinski definition) is 7. The van der Waals surface area contributed by atoms with Crippen molar-refractivity contribution in [2.24, 2.45) is 5.41 Å². The smallest absolute Gasteiger partial charge is 0.216 e. The summed E-state index contributed by atoms with van der Waals surface area (Å²) >= 11 is 6.67. The number of phenolic OH excluding ortho intramolecular Hbond substituents is 1. The first-order valence-corrected chi connectivity index (χ1v) is 16.0. The molecule has 8 heteroatoms. The molecular formula is C34H38ClN5O2. The highest BCUT2D eigenvalue weighted by Crippen LogP contribution is 2.47. The van der Waals surface area contributed by atoms with Crippen LogP contribution in [0.3, 0.4) is 0 Å². The second-order valence-electron chi connectivity index (χ2n) is 13.1. The van der Waals surface area contributed by atoms with Crippen molar-refractivity contribution < 1.29 is 9.84 Å². The van der Waals surface area contributed by atoms with Crippen LogP contribution in [0.1, 0.15) is 44.9 Å². The molecule has 1 saturated carbocycles. The summed E-state index contributed by atoms with van der Waals surface area (Å²) in [6, 6.07) is 14.5. The average molecular weight is 584 g/mol. The first kappa shape index (κ1) is 26.5. The van der Waals surface area contributed by atoms with Crippen molar-refractivity contribution >= 4 is 39.1 Å². The molecule has 8 rings (SSSR count). The third kappa shape index (κ3) is 5.06. The minimum Gasteiger partial charge on any atom is -0.508 e. The van der Waals surface area contributed by atoms with Gasteiger partial charge in [-0.3, -0.25) is 4.98 Å². The molecule has 7 nitrogen and oxygen atoms in total. The van der Waals surface area contributed by atoms with E-state index in [4.69, 9.17) is 26.3 Å². The molecule has 4 aromatic rings. The van der Waals surface area contributed by atoms with Crippen molar-refractivity contribution in [2.45, 2.75) is 57.0 Å². The van der Waals surface area contributed by atoms with Crippen LogP contribution in [0.5, 0.6) is 11.6 Å². The molecule has 2 aromatic carbocycles. The van der Waals surface area contributed by atoms with Gasteiger partial charge in [0.2, 0.25) is 5.88 Å². The molecule has 218 valence electrons. The number of likely N-dealkylation sites (tertiary alicyclic amines) is 1. The number of phenols is 1. The summed E-state index contributed by atoms with van der Waals surface area (Å²) < 4.78 is 6.57. The number of rotatable bonds is 7. The standard InChI is InChI=1S/C34H38ClN5O2/c35-28-6-4-5-22-13-26(41)15-27(32(22)28)23-14-29-33(36-17-23)30(40-18-24-7-8-25(19-40)37-24)16-31(38-29)42-21-34(9-10-34)20-39-11-2-1-3-12-39/h4-6,13-17,24-25,37,41H,1-3,7-12,18-21H2. The fourth-order valence-electron chi connectivity index (χ4n) is 7.47. The predicted octanol–water partition coefficient (Wildman–Crippen LogP) is 6.39. The molecule has 4 fully saturated rings. The Kier molecular flexibility index (Phi) is 6.65. The molecule has 5 heterocycles. The quantitative estimate of drug-likeness (QED) is 0.261. The second kappa shape index (κ2) is 10.5. The van der Waals surface area contributed by atoms with Crippen LogP contribution in [0.25, 0.3) is 32.9 Å². The van der Waals surface area contributed by atoms with Gasteiger partial charge in [-0.2, -0.15) is 0 Å². The normalized spacial score (nSPS) is 23.5. The molecule has 2 bridgehead atoms. The first-order chi connectivity index (χ1) is 20.5. The second-order valence-corrected chi connectivity index (χ2v) is 13.5. The highest BCUT2D eigenvalue weighted by molar-refractivity contribution is 6.36. The number of piperazine rings is 1. The van der Waals surface area contributed by atoms with E-state index < -0.39 is 0 Å². The number of pyridine rings is 2. The molecular weight excluding hydrogens is 546 g/mol. The van der Waals surface area contributed by atoms with Gasteiger partial charge in [-0.25, -0.2) is 4.98 Å². The van der Waals surface area contributed by atoms with Gasteiger partial charge in [-0.1, -0.05) is 30.2 Å². The fraction of sp³-hybridized carbons (Fsp3) is 0.471. The predicted molar refractivity (Wildman–Crippen MR) is 169 cm³/mol. The Labute approximate surface area is 251 Å². The van der Waals surface area contributed by atoms with Gasteiger partial charge in [-0.05, 0) is 86.8 Å². The average Bonchev–Trinajstić information content (AvgIpc) is 3.69. The number of halogens is 1. The Hall–Kier alpha value is -3.13. The maximum atomic E-state index is 10.5. The molecule has 3 aliphatic heterocycles. The number of nitrogens with zero attached hydrogens (tertiary/aromatic N) is 4. The molecule has 42 heavy (non-hydrogen) atoms. The van der Waals surface area contributed by atoms with Gasteiger partial charge in [0.05, 0.1) is 17.8 Å². The van der Waals surface area contributed by atoms with Crippen LogP contribution in [0.4, 0.5) is 5.69 Å². The molecule has 2 N–H and O–H groups in total. The van der Waals surface area contributed by atoms with Crippen molar-refractivity contribution in [3.05, 3.63) is 53.7 Å². The Morgan fingerprint density at radius 1 is 1.02 bits per heavy atom. The van der Waals surface area contributed by atoms with E-state index in [-0.39, 0.29) is 11.2 Å². The topological polar surface area (TPSA) is 73.8 Å². The van der Waals surface area contributed by atoms with Crippen molar-refractivity contribution in [3.63, 3.8) is 0 Å². The Balaban J connectivity index is 1.17. The van der Waals surface area contributed by atoms with E-state index in [1.54, 1.807) is 12.1 Å². The maximum absolute atomic E-state index is 10.5. The molecule has 0 spiro atoms. The monoisotopic (exact) mass is 583 g/mol. The molecule has 3 saturated heterocycles. The van der Waals surface area contributed by atoms with Crippen molar-refractivity contribution in [3.8, 4) is 22.8 Å². The third-order valence-corrected chi connectivity index (χ3v) is 10.2. The van der Waals surface area contributed by atoms with Crippen LogP contribution < -0.4 is 15.0 Å². The van der Waals surface area contributed by atoms with Gasteiger partial charge in [0.15, 0.2) is 0 Å². The maximum Gasteiger partial charge on any atom is 0.216 e. The van der Waals surface area contributed by atoms with Crippen molar-refractivity contribution in [2.75, 3.05) is 44.2 Å². The van der Waals surface area contributed by atoms with Gasteiger partial charge < -0.3 is 25.0 Å². The molecule has 2 aromatic heterocycles. The highest BCUT2D eigenvalue weighted by atomic mass is 35.5. The van der Waals surface area contributed by atoms with Gasteiger partial charge in [-0.15, -0.1) is 0 Å². The van der Waals surface area contributed by atoms with Crippen LogP contribution in [-0.2, 0) is 0 Å². The number of aromatic nitrogens is 2. The molecule has 1 aliphatic carbocycles. The minimum absolute atomic E-state index is 0.199. The highest BCUT2D eigenvalue weighted by Gasteiger charge is 2.45. The Morgan fingerprint density at radius 2 is 1.83 bits per heavy atom. The van der Waals surface area contributed by atoms with Crippen LogP contribution >= 0.6 is 11.6 Å². The van der Waals surface area contributed by atoms with Crippen molar-refractivity contribution in [1.82, 2.24) is 20.2 Å². The Morgan fingerprint density at radius 3 is 2.62 bits per heavy atom. The SMILES string of the molecule is Oc1cc(-c2cnc3c(N4CC5CCC(C4)N5)cc(OCC4(CN5CCCCC5)CC4)nc3c2)c2c(Cl)cccc2c1. The lowest BCUT2D eigenvalue weighted by Crippen LogP contribution is -2.51. The van der Waals surface area contributed by atoms with Crippen LogP contribution in [0.2, 0.25) is 5.02 Å². The largest absolute Gasteiger partial charge is 0.508 e. The van der Waals surface area contributed by atoms with E-state index in [2.05, 4.69) is 27.2 Å². The molecule has 0 amide bonds. The van der Waals surface area contributed by atoms with Crippen LogP contribution in [0.15, 0.2) is 48.7 Å². The van der Waals surface area contributed by atoms with Gasteiger partial charge >= 0.3 is 0 Å². The summed E-state index contributed by atoms with van der Waals surface area (Å²) in [6.07, 6.45) is 10.8. The zero-order valence-electron chi connectivity index (χ0n) is 24.0. The lowest BCUT2D eigenvalue weighted by molar-refractivity contribution is 0.141. The first-order valence-electron chi connectivity index (χ1n) is 15.6. The molecule has 0 radical (unpaired) electrons. The van der Waals surface area contributed by atoms with Gasteiger partial charge in [0.25, 0.3) is 0 Å².